The van der Waals surface area contributed by atoms with Gasteiger partial charge in [-0.3, -0.25) is 0 Å². The van der Waals surface area contributed by atoms with Gasteiger partial charge in [-0.05, 0) is 67.5 Å². The number of sulfonamides is 1. The molecule has 2 aromatic rings. The molecule has 6 heteroatoms. The third-order valence-electron chi connectivity index (χ3n) is 5.19. The highest BCUT2D eigenvalue weighted by atomic mass is 32.2. The van der Waals surface area contributed by atoms with Crippen LogP contribution in [0.1, 0.15) is 30.4 Å². The van der Waals surface area contributed by atoms with Crippen molar-refractivity contribution in [1.82, 2.24) is 4.72 Å². The Bertz CT molecular complexity index is 827. The minimum absolute atomic E-state index is 0.101. The molecule has 1 fully saturated rings. The van der Waals surface area contributed by atoms with E-state index in [0.717, 1.165) is 37.2 Å². The molecule has 0 unspecified atom stereocenters. The predicted molar refractivity (Wildman–Crippen MR) is 115 cm³/mol. The summed E-state index contributed by atoms with van der Waals surface area (Å²) >= 11 is 0. The van der Waals surface area contributed by atoms with Gasteiger partial charge in [-0.15, -0.1) is 0 Å². The average molecular weight is 403 g/mol. The maximum Gasteiger partial charge on any atom is 0.211 e. The zero-order valence-electron chi connectivity index (χ0n) is 16.6. The Kier molecular flexibility index (Phi) is 7.34. The van der Waals surface area contributed by atoms with E-state index in [1.165, 1.54) is 24.1 Å². The Morgan fingerprint density at radius 3 is 2.18 bits per heavy atom. The molecule has 1 N–H and O–H groups in total. The molecule has 2 aromatic carbocycles. The largest absolute Gasteiger partial charge is 0.497 e. The van der Waals surface area contributed by atoms with Gasteiger partial charge >= 0.3 is 0 Å². The number of rotatable bonds is 10. The summed E-state index contributed by atoms with van der Waals surface area (Å²) in [5, 5.41) is 0. The Labute approximate surface area is 168 Å². The summed E-state index contributed by atoms with van der Waals surface area (Å²) in [6, 6.07) is 16.2. The maximum atomic E-state index is 12.2. The van der Waals surface area contributed by atoms with Crippen molar-refractivity contribution in [3.63, 3.8) is 0 Å². The number of benzene rings is 2. The number of hydrogen-bond donors (Lipinski definition) is 1. The van der Waals surface area contributed by atoms with E-state index in [1.807, 2.05) is 24.3 Å². The quantitative estimate of drug-likeness (QED) is 0.619. The lowest BCUT2D eigenvalue weighted by Gasteiger charge is -2.17. The Morgan fingerprint density at radius 1 is 0.929 bits per heavy atom. The predicted octanol–water partition coefficient (Wildman–Crippen LogP) is 3.39. The highest BCUT2D eigenvalue weighted by Gasteiger charge is 2.12. The topological polar surface area (TPSA) is 58.6 Å². The summed E-state index contributed by atoms with van der Waals surface area (Å²) in [5.74, 6) is 0.877. The van der Waals surface area contributed by atoms with E-state index in [2.05, 4.69) is 33.9 Å². The standard InChI is InChI=1S/C22H30N2O3S/c1-27-22-12-8-20(9-13-22)14-18-28(25,26)23-15-4-5-19-6-10-21(11-7-19)24-16-2-3-17-24/h6-13,23H,2-5,14-18H2,1H3. The van der Waals surface area contributed by atoms with Crippen molar-refractivity contribution in [1.29, 1.82) is 0 Å². The summed E-state index contributed by atoms with van der Waals surface area (Å²) in [7, 11) is -1.64. The van der Waals surface area contributed by atoms with Gasteiger partial charge in [-0.25, -0.2) is 13.1 Å². The molecule has 1 aliphatic heterocycles. The van der Waals surface area contributed by atoms with Crippen molar-refractivity contribution in [3.8, 4) is 5.75 Å². The molecule has 0 aromatic heterocycles. The third-order valence-corrected chi connectivity index (χ3v) is 6.58. The molecule has 0 radical (unpaired) electrons. The Balaban J connectivity index is 1.37. The maximum absolute atomic E-state index is 12.2. The minimum atomic E-state index is -3.26. The van der Waals surface area contributed by atoms with E-state index in [9.17, 15) is 8.42 Å². The lowest BCUT2D eigenvalue weighted by atomic mass is 10.1. The van der Waals surface area contributed by atoms with E-state index >= 15 is 0 Å². The molecule has 0 aliphatic carbocycles. The molecule has 1 saturated heterocycles. The van der Waals surface area contributed by atoms with E-state index < -0.39 is 10.0 Å². The fourth-order valence-electron chi connectivity index (χ4n) is 3.49. The molecular weight excluding hydrogens is 372 g/mol. The highest BCUT2D eigenvalue weighted by Crippen LogP contribution is 2.20. The summed E-state index contributed by atoms with van der Waals surface area (Å²) in [6.07, 6.45) is 4.73. The minimum Gasteiger partial charge on any atom is -0.497 e. The highest BCUT2D eigenvalue weighted by molar-refractivity contribution is 7.89. The normalized spacial score (nSPS) is 14.4. The van der Waals surface area contributed by atoms with Crippen LogP contribution in [0.4, 0.5) is 5.69 Å². The monoisotopic (exact) mass is 402 g/mol. The molecule has 1 heterocycles. The fourth-order valence-corrected chi connectivity index (χ4v) is 4.59. The number of nitrogens with zero attached hydrogens (tertiary/aromatic N) is 1. The summed E-state index contributed by atoms with van der Waals surface area (Å²) in [6.45, 7) is 2.77. The lowest BCUT2D eigenvalue weighted by Crippen LogP contribution is -2.28. The van der Waals surface area contributed by atoms with Gasteiger partial charge in [0.05, 0.1) is 12.9 Å². The van der Waals surface area contributed by atoms with Gasteiger partial charge in [0.15, 0.2) is 0 Å². The van der Waals surface area contributed by atoms with Gasteiger partial charge in [0.2, 0.25) is 10.0 Å². The van der Waals surface area contributed by atoms with Crippen LogP contribution < -0.4 is 14.4 Å². The fraction of sp³-hybridized carbons (Fsp3) is 0.455. The summed E-state index contributed by atoms with van der Waals surface area (Å²) in [5.41, 5.74) is 3.53. The first-order chi connectivity index (χ1) is 13.6. The third kappa shape index (κ3) is 6.24. The second-order valence-corrected chi connectivity index (χ2v) is 9.20. The molecule has 0 amide bonds. The number of anilines is 1. The van der Waals surface area contributed by atoms with Crippen molar-refractivity contribution in [2.45, 2.75) is 32.1 Å². The summed E-state index contributed by atoms with van der Waals surface area (Å²) < 4.78 is 32.2. The zero-order chi connectivity index (χ0) is 19.8. The number of methoxy groups -OCH3 is 1. The van der Waals surface area contributed by atoms with Crippen molar-refractivity contribution in [3.05, 3.63) is 59.7 Å². The van der Waals surface area contributed by atoms with Crippen molar-refractivity contribution >= 4 is 15.7 Å². The van der Waals surface area contributed by atoms with Gasteiger partial charge in [-0.2, -0.15) is 0 Å². The van der Waals surface area contributed by atoms with Crippen LogP contribution in [-0.2, 0) is 22.9 Å². The summed E-state index contributed by atoms with van der Waals surface area (Å²) in [4.78, 5) is 2.42. The van der Waals surface area contributed by atoms with Gasteiger partial charge in [-0.1, -0.05) is 24.3 Å². The van der Waals surface area contributed by atoms with Crippen LogP contribution in [0.3, 0.4) is 0 Å². The number of ether oxygens (including phenoxy) is 1. The smallest absolute Gasteiger partial charge is 0.211 e. The van der Waals surface area contributed by atoms with Crippen LogP contribution in [-0.4, -0.2) is 40.9 Å². The molecule has 5 nitrogen and oxygen atoms in total. The molecule has 0 saturated carbocycles. The van der Waals surface area contributed by atoms with Gasteiger partial charge in [0, 0.05) is 25.3 Å². The first-order valence-corrected chi connectivity index (χ1v) is 11.7. The van der Waals surface area contributed by atoms with Crippen LogP contribution in [0.15, 0.2) is 48.5 Å². The SMILES string of the molecule is COc1ccc(CCS(=O)(=O)NCCCc2ccc(N3CCCC3)cc2)cc1. The Hall–Kier alpha value is -2.05. The van der Waals surface area contributed by atoms with Crippen LogP contribution in [0.25, 0.3) is 0 Å². The molecule has 152 valence electrons. The van der Waals surface area contributed by atoms with Crippen molar-refractivity contribution in [2.75, 3.05) is 37.4 Å². The van der Waals surface area contributed by atoms with Crippen LogP contribution in [0.2, 0.25) is 0 Å². The van der Waals surface area contributed by atoms with Gasteiger partial charge < -0.3 is 9.64 Å². The molecule has 3 rings (SSSR count). The van der Waals surface area contributed by atoms with Crippen LogP contribution in [0.5, 0.6) is 5.75 Å². The molecular formula is C22H30N2O3S. The number of nitrogens with one attached hydrogen (secondary N) is 1. The van der Waals surface area contributed by atoms with Crippen molar-refractivity contribution in [2.24, 2.45) is 0 Å². The van der Waals surface area contributed by atoms with E-state index in [-0.39, 0.29) is 5.75 Å². The Morgan fingerprint density at radius 2 is 1.54 bits per heavy atom. The number of aryl methyl sites for hydroxylation is 2. The molecule has 0 bridgehead atoms. The van der Waals surface area contributed by atoms with Crippen LogP contribution in [0, 0.1) is 0 Å². The number of hydrogen-bond acceptors (Lipinski definition) is 4. The van der Waals surface area contributed by atoms with Crippen molar-refractivity contribution < 1.29 is 13.2 Å². The van der Waals surface area contributed by atoms with E-state index in [4.69, 9.17) is 4.74 Å². The van der Waals surface area contributed by atoms with Gasteiger partial charge in [0.1, 0.15) is 5.75 Å². The average Bonchev–Trinajstić information content (AvgIpc) is 3.25. The second-order valence-electron chi connectivity index (χ2n) is 7.28. The van der Waals surface area contributed by atoms with E-state index in [1.54, 1.807) is 7.11 Å². The lowest BCUT2D eigenvalue weighted by molar-refractivity contribution is 0.414. The molecule has 28 heavy (non-hydrogen) atoms. The zero-order valence-corrected chi connectivity index (χ0v) is 17.4. The van der Waals surface area contributed by atoms with Crippen LogP contribution >= 0.6 is 0 Å². The first kappa shape index (κ1) is 20.7. The van der Waals surface area contributed by atoms with Gasteiger partial charge in [0.25, 0.3) is 0 Å². The second kappa shape index (κ2) is 9.94. The molecule has 1 aliphatic rings. The first-order valence-electron chi connectivity index (χ1n) is 10.00. The molecule has 0 atom stereocenters. The van der Waals surface area contributed by atoms with E-state index in [0.29, 0.717) is 13.0 Å². The molecule has 0 spiro atoms.